The van der Waals surface area contributed by atoms with Gasteiger partial charge in [-0.05, 0) is 36.8 Å². The molecular formula is C19H18BrF2N3O. The average Bonchev–Trinajstić information content (AvgIpc) is 2.92. The zero-order valence-electron chi connectivity index (χ0n) is 14.2. The van der Waals surface area contributed by atoms with Crippen molar-refractivity contribution in [3.63, 3.8) is 0 Å². The van der Waals surface area contributed by atoms with Crippen molar-refractivity contribution in [2.45, 2.75) is 19.4 Å². The first kappa shape index (κ1) is 17.6. The second-order valence-corrected chi connectivity index (χ2v) is 7.40. The highest BCUT2D eigenvalue weighted by Crippen LogP contribution is 2.32. The molecule has 1 atom stereocenters. The molecule has 1 aliphatic heterocycles. The van der Waals surface area contributed by atoms with E-state index < -0.39 is 11.6 Å². The molecule has 1 unspecified atom stereocenters. The lowest BCUT2D eigenvalue weighted by atomic mass is 10.0. The number of aryl methyl sites for hydroxylation is 1. The van der Waals surface area contributed by atoms with E-state index in [0.29, 0.717) is 35.4 Å². The Bertz CT molecular complexity index is 944. The van der Waals surface area contributed by atoms with Gasteiger partial charge in [0, 0.05) is 30.2 Å². The molecule has 1 aliphatic rings. The van der Waals surface area contributed by atoms with Crippen LogP contribution in [0.3, 0.4) is 0 Å². The molecule has 1 saturated heterocycles. The van der Waals surface area contributed by atoms with Gasteiger partial charge in [0.15, 0.2) is 0 Å². The van der Waals surface area contributed by atoms with E-state index in [1.54, 1.807) is 0 Å². The molecule has 0 saturated carbocycles. The highest BCUT2D eigenvalue weighted by Gasteiger charge is 2.24. The summed E-state index contributed by atoms with van der Waals surface area (Å²) in [5, 5.41) is 3.28. The molecule has 3 aromatic rings. The number of rotatable bonds is 3. The third-order valence-electron chi connectivity index (χ3n) is 4.55. The largest absolute Gasteiger partial charge is 0.375 e. The number of fused-ring (bicyclic) bond motifs is 1. The summed E-state index contributed by atoms with van der Waals surface area (Å²) >= 11 is 3.13. The Labute approximate surface area is 158 Å². The van der Waals surface area contributed by atoms with E-state index in [9.17, 15) is 8.78 Å². The summed E-state index contributed by atoms with van der Waals surface area (Å²) < 4.78 is 37.2. The van der Waals surface area contributed by atoms with Crippen molar-refractivity contribution >= 4 is 21.6 Å². The second kappa shape index (κ2) is 7.06. The molecule has 3 heterocycles. The Kier molecular flexibility index (Phi) is 4.77. The van der Waals surface area contributed by atoms with Gasteiger partial charge in [-0.3, -0.25) is 0 Å². The van der Waals surface area contributed by atoms with Crippen LogP contribution in [0.25, 0.3) is 16.9 Å². The van der Waals surface area contributed by atoms with Gasteiger partial charge in [-0.15, -0.1) is 0 Å². The van der Waals surface area contributed by atoms with Crippen molar-refractivity contribution in [3.8, 4) is 11.3 Å². The quantitative estimate of drug-likeness (QED) is 0.697. The molecule has 1 fully saturated rings. The highest BCUT2D eigenvalue weighted by atomic mass is 79.9. The number of halogens is 3. The third kappa shape index (κ3) is 3.26. The lowest BCUT2D eigenvalue weighted by Gasteiger charge is -2.24. The number of pyridine rings is 1. The summed E-state index contributed by atoms with van der Waals surface area (Å²) in [6.07, 6.45) is 2.34. The van der Waals surface area contributed by atoms with Crippen molar-refractivity contribution in [1.29, 1.82) is 0 Å². The van der Waals surface area contributed by atoms with E-state index in [1.807, 2.05) is 29.7 Å². The van der Waals surface area contributed by atoms with Crippen LogP contribution in [0.1, 0.15) is 11.3 Å². The molecule has 26 heavy (non-hydrogen) atoms. The molecule has 4 rings (SSSR count). The van der Waals surface area contributed by atoms with E-state index >= 15 is 0 Å². The number of benzene rings is 1. The van der Waals surface area contributed by atoms with Crippen LogP contribution in [-0.2, 0) is 11.2 Å². The molecule has 1 N–H and O–H groups in total. The zero-order chi connectivity index (χ0) is 18.3. The van der Waals surface area contributed by atoms with Gasteiger partial charge in [-0.2, -0.15) is 0 Å². The smallest absolute Gasteiger partial charge is 0.137 e. The van der Waals surface area contributed by atoms with Gasteiger partial charge in [0.1, 0.15) is 17.3 Å². The summed E-state index contributed by atoms with van der Waals surface area (Å²) in [5.74, 6) is -1.28. The first-order chi connectivity index (χ1) is 12.5. The van der Waals surface area contributed by atoms with Crippen molar-refractivity contribution in [3.05, 3.63) is 57.8 Å². The maximum absolute atomic E-state index is 14.6. The van der Waals surface area contributed by atoms with Gasteiger partial charge in [0.25, 0.3) is 0 Å². The number of hydrogen-bond acceptors (Lipinski definition) is 3. The van der Waals surface area contributed by atoms with Crippen LogP contribution >= 0.6 is 15.9 Å². The molecule has 0 radical (unpaired) electrons. The highest BCUT2D eigenvalue weighted by molar-refractivity contribution is 9.10. The molecular weight excluding hydrogens is 404 g/mol. The van der Waals surface area contributed by atoms with E-state index in [4.69, 9.17) is 4.74 Å². The van der Waals surface area contributed by atoms with Crippen molar-refractivity contribution in [1.82, 2.24) is 14.7 Å². The molecule has 2 aromatic heterocycles. The molecule has 0 spiro atoms. The predicted molar refractivity (Wildman–Crippen MR) is 99.3 cm³/mol. The van der Waals surface area contributed by atoms with E-state index in [-0.39, 0.29) is 11.7 Å². The predicted octanol–water partition coefficient (Wildman–Crippen LogP) is 3.88. The lowest BCUT2D eigenvalue weighted by Crippen LogP contribution is -2.39. The fraction of sp³-hybridized carbons (Fsp3) is 0.316. The SMILES string of the molecule is Cc1ccn2c(CC3CNCCO3)c(-c3c(F)cc(Br)cc3F)nc2c1. The zero-order valence-corrected chi connectivity index (χ0v) is 15.8. The average molecular weight is 422 g/mol. The van der Waals surface area contributed by atoms with Gasteiger partial charge < -0.3 is 14.5 Å². The Balaban J connectivity index is 1.89. The monoisotopic (exact) mass is 421 g/mol. The number of nitrogens with zero attached hydrogens (tertiary/aromatic N) is 2. The van der Waals surface area contributed by atoms with Gasteiger partial charge in [0.05, 0.1) is 29.7 Å². The first-order valence-electron chi connectivity index (χ1n) is 8.48. The molecule has 0 aliphatic carbocycles. The van der Waals surface area contributed by atoms with Crippen molar-refractivity contribution < 1.29 is 13.5 Å². The minimum absolute atomic E-state index is 0.0646. The molecule has 4 nitrogen and oxygen atoms in total. The Hall–Kier alpha value is -1.83. The minimum Gasteiger partial charge on any atom is -0.375 e. The van der Waals surface area contributed by atoms with Crippen LogP contribution in [0, 0.1) is 18.6 Å². The maximum atomic E-state index is 14.6. The summed E-state index contributed by atoms with van der Waals surface area (Å²) in [4.78, 5) is 4.55. The normalized spacial score (nSPS) is 17.8. The van der Waals surface area contributed by atoms with Crippen LogP contribution < -0.4 is 5.32 Å². The van der Waals surface area contributed by atoms with E-state index in [0.717, 1.165) is 17.8 Å². The van der Waals surface area contributed by atoms with Gasteiger partial charge in [-0.25, -0.2) is 13.8 Å². The summed E-state index contributed by atoms with van der Waals surface area (Å²) in [7, 11) is 0. The topological polar surface area (TPSA) is 38.6 Å². The van der Waals surface area contributed by atoms with Gasteiger partial charge >= 0.3 is 0 Å². The fourth-order valence-corrected chi connectivity index (χ4v) is 3.73. The van der Waals surface area contributed by atoms with Crippen LogP contribution in [0.15, 0.2) is 34.9 Å². The van der Waals surface area contributed by atoms with Gasteiger partial charge in [0.2, 0.25) is 0 Å². The second-order valence-electron chi connectivity index (χ2n) is 6.48. The van der Waals surface area contributed by atoms with Crippen LogP contribution in [-0.4, -0.2) is 35.2 Å². The lowest BCUT2D eigenvalue weighted by molar-refractivity contribution is 0.0286. The standard InChI is InChI=1S/C19H18BrF2N3O/c1-11-2-4-25-16(9-13-10-23-3-5-26-13)19(24-17(25)6-11)18-14(21)7-12(20)8-15(18)22/h2,4,6-8,13,23H,3,5,9-10H2,1H3. The molecule has 0 amide bonds. The molecule has 1 aromatic carbocycles. The van der Waals surface area contributed by atoms with Gasteiger partial charge in [-0.1, -0.05) is 15.9 Å². The Morgan fingerprint density at radius 1 is 1.31 bits per heavy atom. The number of morpholine rings is 1. The maximum Gasteiger partial charge on any atom is 0.137 e. The molecule has 136 valence electrons. The van der Waals surface area contributed by atoms with Crippen LogP contribution in [0.2, 0.25) is 0 Å². The van der Waals surface area contributed by atoms with Crippen molar-refractivity contribution in [2.24, 2.45) is 0 Å². The molecule has 7 heteroatoms. The summed E-state index contributed by atoms with van der Waals surface area (Å²) in [6.45, 7) is 4.09. The van der Waals surface area contributed by atoms with E-state index in [1.165, 1.54) is 12.1 Å². The number of imidazole rings is 1. The number of ether oxygens (including phenoxy) is 1. The van der Waals surface area contributed by atoms with Crippen LogP contribution in [0.4, 0.5) is 8.78 Å². The first-order valence-corrected chi connectivity index (χ1v) is 9.27. The number of nitrogens with one attached hydrogen (secondary N) is 1. The minimum atomic E-state index is -0.638. The van der Waals surface area contributed by atoms with E-state index in [2.05, 4.69) is 26.2 Å². The fourth-order valence-electron chi connectivity index (χ4n) is 3.33. The Morgan fingerprint density at radius 3 is 2.77 bits per heavy atom. The summed E-state index contributed by atoms with van der Waals surface area (Å²) in [6, 6.07) is 6.38. The molecule has 0 bridgehead atoms. The van der Waals surface area contributed by atoms with Crippen molar-refractivity contribution in [2.75, 3.05) is 19.7 Å². The Morgan fingerprint density at radius 2 is 2.08 bits per heavy atom. The number of aromatic nitrogens is 2. The summed E-state index contributed by atoms with van der Waals surface area (Å²) in [5.41, 5.74) is 2.67. The number of hydrogen-bond donors (Lipinski definition) is 1. The third-order valence-corrected chi connectivity index (χ3v) is 5.01. The van der Waals surface area contributed by atoms with Crippen LogP contribution in [0.5, 0.6) is 0 Å².